The lowest BCUT2D eigenvalue weighted by molar-refractivity contribution is 0.0945. The van der Waals surface area contributed by atoms with Crippen LogP contribution in [0.15, 0.2) is 41.0 Å². The smallest absolute Gasteiger partial charge is 0.271 e. The third kappa shape index (κ3) is 3.38. The minimum absolute atomic E-state index is 0.263. The fraction of sp³-hybridized carbons (Fsp3) is 0.143. The largest absolute Gasteiger partial charge is 0.347 e. The molecule has 0 aliphatic heterocycles. The predicted molar refractivity (Wildman–Crippen MR) is 74.2 cm³/mol. The first kappa shape index (κ1) is 13.7. The number of halogens is 2. The van der Waals surface area contributed by atoms with Crippen LogP contribution in [0.3, 0.4) is 0 Å². The van der Waals surface area contributed by atoms with Crippen molar-refractivity contribution in [3.8, 4) is 0 Å². The van der Waals surface area contributed by atoms with Crippen molar-refractivity contribution in [2.45, 2.75) is 13.5 Å². The van der Waals surface area contributed by atoms with Crippen molar-refractivity contribution in [3.63, 3.8) is 0 Å². The van der Waals surface area contributed by atoms with Crippen LogP contribution in [-0.2, 0) is 6.54 Å². The standard InChI is InChI=1S/C14H12BrFN2O/c1-9-4-5-10(7-12(9)16)8-18-14(19)13-11(15)3-2-6-17-13/h2-7H,8H2,1H3,(H,18,19). The molecule has 0 aliphatic rings. The van der Waals surface area contributed by atoms with E-state index in [1.54, 1.807) is 37.4 Å². The highest BCUT2D eigenvalue weighted by molar-refractivity contribution is 9.10. The lowest BCUT2D eigenvalue weighted by Gasteiger charge is -2.07. The number of rotatable bonds is 3. The van der Waals surface area contributed by atoms with Crippen molar-refractivity contribution in [2.75, 3.05) is 0 Å². The maximum absolute atomic E-state index is 13.4. The van der Waals surface area contributed by atoms with Gasteiger partial charge in [0.25, 0.3) is 5.91 Å². The summed E-state index contributed by atoms with van der Waals surface area (Å²) in [6.45, 7) is 1.96. The van der Waals surface area contributed by atoms with Crippen LogP contribution in [0, 0.1) is 12.7 Å². The van der Waals surface area contributed by atoms with E-state index in [0.29, 0.717) is 21.3 Å². The van der Waals surface area contributed by atoms with Crippen LogP contribution < -0.4 is 5.32 Å². The average Bonchev–Trinajstić information content (AvgIpc) is 2.40. The summed E-state index contributed by atoms with van der Waals surface area (Å²) in [4.78, 5) is 15.9. The molecule has 3 nitrogen and oxygen atoms in total. The number of amides is 1. The third-order valence-electron chi connectivity index (χ3n) is 2.66. The van der Waals surface area contributed by atoms with Crippen LogP contribution in [0.4, 0.5) is 4.39 Å². The second-order valence-corrected chi connectivity index (χ2v) is 4.95. The molecule has 0 spiro atoms. The van der Waals surface area contributed by atoms with E-state index >= 15 is 0 Å². The maximum Gasteiger partial charge on any atom is 0.271 e. The molecular formula is C14H12BrFN2O. The summed E-state index contributed by atoms with van der Waals surface area (Å²) in [5.41, 5.74) is 1.61. The molecule has 2 rings (SSSR count). The number of carbonyl (C=O) groups excluding carboxylic acids is 1. The normalized spacial score (nSPS) is 10.3. The Labute approximate surface area is 119 Å². The summed E-state index contributed by atoms with van der Waals surface area (Å²) in [7, 11) is 0. The van der Waals surface area contributed by atoms with E-state index in [1.807, 2.05) is 0 Å². The van der Waals surface area contributed by atoms with Gasteiger partial charge in [-0.05, 0) is 52.2 Å². The summed E-state index contributed by atoms with van der Waals surface area (Å²) in [5.74, 6) is -0.570. The highest BCUT2D eigenvalue weighted by Gasteiger charge is 2.10. The topological polar surface area (TPSA) is 42.0 Å². The Bertz CT molecular complexity index is 616. The second-order valence-electron chi connectivity index (χ2n) is 4.10. The minimum atomic E-state index is -0.298. The highest BCUT2D eigenvalue weighted by Crippen LogP contribution is 2.13. The van der Waals surface area contributed by atoms with Gasteiger partial charge in [-0.25, -0.2) is 9.37 Å². The van der Waals surface area contributed by atoms with E-state index < -0.39 is 0 Å². The second kappa shape index (κ2) is 5.93. The molecule has 1 aromatic heterocycles. The molecule has 1 amide bonds. The number of nitrogens with one attached hydrogen (secondary N) is 1. The first-order valence-corrected chi connectivity index (χ1v) is 6.51. The molecule has 1 heterocycles. The molecule has 0 atom stereocenters. The van der Waals surface area contributed by atoms with Crippen molar-refractivity contribution in [3.05, 3.63) is 63.6 Å². The van der Waals surface area contributed by atoms with Gasteiger partial charge in [0.05, 0.1) is 0 Å². The Kier molecular flexibility index (Phi) is 4.27. The first-order chi connectivity index (χ1) is 9.08. The van der Waals surface area contributed by atoms with Crippen molar-refractivity contribution >= 4 is 21.8 Å². The zero-order chi connectivity index (χ0) is 13.8. The van der Waals surface area contributed by atoms with Gasteiger partial charge in [-0.3, -0.25) is 4.79 Å². The van der Waals surface area contributed by atoms with E-state index in [1.165, 1.54) is 6.07 Å². The highest BCUT2D eigenvalue weighted by atomic mass is 79.9. The number of aromatic nitrogens is 1. The lowest BCUT2D eigenvalue weighted by atomic mass is 10.1. The van der Waals surface area contributed by atoms with E-state index in [2.05, 4.69) is 26.2 Å². The molecule has 2 aromatic rings. The molecule has 0 unspecified atom stereocenters. The lowest BCUT2D eigenvalue weighted by Crippen LogP contribution is -2.24. The fourth-order valence-corrected chi connectivity index (χ4v) is 2.00. The van der Waals surface area contributed by atoms with Gasteiger partial charge in [0, 0.05) is 17.2 Å². The van der Waals surface area contributed by atoms with Gasteiger partial charge in [0.1, 0.15) is 11.5 Å². The molecule has 0 saturated heterocycles. The molecule has 1 aromatic carbocycles. The molecule has 0 saturated carbocycles. The number of benzene rings is 1. The number of hydrogen-bond donors (Lipinski definition) is 1. The average molecular weight is 323 g/mol. The molecule has 0 radical (unpaired) electrons. The Morgan fingerprint density at radius 2 is 2.21 bits per heavy atom. The van der Waals surface area contributed by atoms with E-state index in [4.69, 9.17) is 0 Å². The zero-order valence-electron chi connectivity index (χ0n) is 10.3. The molecule has 5 heteroatoms. The van der Waals surface area contributed by atoms with Gasteiger partial charge in [-0.1, -0.05) is 12.1 Å². The quantitative estimate of drug-likeness (QED) is 0.942. The molecular weight excluding hydrogens is 311 g/mol. The summed E-state index contributed by atoms with van der Waals surface area (Å²) >= 11 is 3.26. The van der Waals surface area contributed by atoms with E-state index in [9.17, 15) is 9.18 Å². The molecule has 0 bridgehead atoms. The Balaban J connectivity index is 2.04. The van der Waals surface area contributed by atoms with Gasteiger partial charge in [-0.15, -0.1) is 0 Å². The zero-order valence-corrected chi connectivity index (χ0v) is 11.9. The number of aryl methyl sites for hydroxylation is 1. The van der Waals surface area contributed by atoms with Crippen LogP contribution >= 0.6 is 15.9 Å². The number of carbonyl (C=O) groups is 1. The minimum Gasteiger partial charge on any atom is -0.347 e. The van der Waals surface area contributed by atoms with Gasteiger partial charge < -0.3 is 5.32 Å². The van der Waals surface area contributed by atoms with Crippen LogP contribution in [0.1, 0.15) is 21.6 Å². The molecule has 0 aliphatic carbocycles. The summed E-state index contributed by atoms with van der Waals surface area (Å²) < 4.78 is 14.0. The van der Waals surface area contributed by atoms with Crippen LogP contribution in [0.5, 0.6) is 0 Å². The van der Waals surface area contributed by atoms with Crippen LogP contribution in [-0.4, -0.2) is 10.9 Å². The molecule has 1 N–H and O–H groups in total. The molecule has 0 fully saturated rings. The van der Waals surface area contributed by atoms with Crippen LogP contribution in [0.2, 0.25) is 0 Å². The van der Waals surface area contributed by atoms with Crippen molar-refractivity contribution in [1.29, 1.82) is 0 Å². The van der Waals surface area contributed by atoms with Gasteiger partial charge in [0.2, 0.25) is 0 Å². The van der Waals surface area contributed by atoms with Gasteiger partial charge in [0.15, 0.2) is 0 Å². The molecule has 98 valence electrons. The van der Waals surface area contributed by atoms with E-state index in [-0.39, 0.29) is 18.3 Å². The Morgan fingerprint density at radius 3 is 2.89 bits per heavy atom. The van der Waals surface area contributed by atoms with Crippen LogP contribution in [0.25, 0.3) is 0 Å². The monoisotopic (exact) mass is 322 g/mol. The van der Waals surface area contributed by atoms with Gasteiger partial charge in [-0.2, -0.15) is 0 Å². The summed E-state index contributed by atoms with van der Waals surface area (Å²) in [6.07, 6.45) is 1.55. The van der Waals surface area contributed by atoms with Gasteiger partial charge >= 0.3 is 0 Å². The van der Waals surface area contributed by atoms with Crippen molar-refractivity contribution in [2.24, 2.45) is 0 Å². The Morgan fingerprint density at radius 1 is 1.42 bits per heavy atom. The third-order valence-corrected chi connectivity index (χ3v) is 3.30. The number of hydrogen-bond acceptors (Lipinski definition) is 2. The molecule has 19 heavy (non-hydrogen) atoms. The summed E-state index contributed by atoms with van der Waals surface area (Å²) in [6, 6.07) is 8.37. The number of pyridine rings is 1. The SMILES string of the molecule is Cc1ccc(CNC(=O)c2ncccc2Br)cc1F. The van der Waals surface area contributed by atoms with Crippen molar-refractivity contribution in [1.82, 2.24) is 10.3 Å². The summed E-state index contributed by atoms with van der Waals surface area (Å²) in [5, 5.41) is 2.70. The van der Waals surface area contributed by atoms with Crippen molar-refractivity contribution < 1.29 is 9.18 Å². The van der Waals surface area contributed by atoms with E-state index in [0.717, 1.165) is 0 Å². The first-order valence-electron chi connectivity index (χ1n) is 5.71. The Hall–Kier alpha value is -1.75. The predicted octanol–water partition coefficient (Wildman–Crippen LogP) is 3.22. The maximum atomic E-state index is 13.4. The fourth-order valence-electron chi connectivity index (χ4n) is 1.57. The number of nitrogens with zero attached hydrogens (tertiary/aromatic N) is 1.